The van der Waals surface area contributed by atoms with E-state index in [1.165, 1.54) is 55.3 Å². The highest BCUT2D eigenvalue weighted by atomic mass is 16.3. The first-order chi connectivity index (χ1) is 32.3. The number of hydrogen-bond acceptors (Lipinski definition) is 2. The van der Waals surface area contributed by atoms with Gasteiger partial charge in [-0.1, -0.05) is 206 Å². The number of benzene rings is 11. The van der Waals surface area contributed by atoms with E-state index in [2.05, 4.69) is 248 Å². The molecule has 65 heavy (non-hydrogen) atoms. The van der Waals surface area contributed by atoms with Crippen molar-refractivity contribution in [3.63, 3.8) is 0 Å². The SMILES string of the molecule is c1ccc(C2(c3ccccc3)c3ccccc3-c3ccc(N(c4ccc(-c5cccc6ccccc56)cc4)c4ccccc4-c4cc5c6ccccc6oc5c5ccccc45)cc32)cc1. The van der Waals surface area contributed by atoms with Crippen LogP contribution in [0.5, 0.6) is 0 Å². The molecule has 2 nitrogen and oxygen atoms in total. The van der Waals surface area contributed by atoms with Gasteiger partial charge in [-0.05, 0) is 109 Å². The van der Waals surface area contributed by atoms with Crippen molar-refractivity contribution in [2.45, 2.75) is 5.41 Å². The van der Waals surface area contributed by atoms with E-state index in [-0.39, 0.29) is 0 Å². The molecule has 0 radical (unpaired) electrons. The number of nitrogens with zero attached hydrogens (tertiary/aromatic N) is 1. The summed E-state index contributed by atoms with van der Waals surface area (Å²) < 4.78 is 6.60. The minimum atomic E-state index is -0.544. The van der Waals surface area contributed by atoms with Crippen LogP contribution in [0, 0.1) is 0 Å². The average Bonchev–Trinajstić information content (AvgIpc) is 3.91. The Hall–Kier alpha value is -8.46. The maximum Gasteiger partial charge on any atom is 0.143 e. The van der Waals surface area contributed by atoms with Crippen molar-refractivity contribution in [3.8, 4) is 33.4 Å². The van der Waals surface area contributed by atoms with Crippen LogP contribution in [0.25, 0.3) is 76.9 Å². The Balaban J connectivity index is 1.08. The van der Waals surface area contributed by atoms with E-state index >= 15 is 0 Å². The van der Waals surface area contributed by atoms with Gasteiger partial charge in [-0.2, -0.15) is 0 Å². The molecule has 0 saturated heterocycles. The van der Waals surface area contributed by atoms with E-state index in [0.29, 0.717) is 0 Å². The van der Waals surface area contributed by atoms with Gasteiger partial charge in [-0.15, -0.1) is 0 Å². The van der Waals surface area contributed by atoms with E-state index < -0.39 is 5.41 Å². The number of furan rings is 1. The van der Waals surface area contributed by atoms with Crippen LogP contribution in [0.3, 0.4) is 0 Å². The largest absolute Gasteiger partial charge is 0.455 e. The second kappa shape index (κ2) is 14.8. The van der Waals surface area contributed by atoms with Crippen LogP contribution in [0.1, 0.15) is 22.3 Å². The summed E-state index contributed by atoms with van der Waals surface area (Å²) in [5.74, 6) is 0. The van der Waals surface area contributed by atoms with Crippen molar-refractivity contribution >= 4 is 60.5 Å². The first-order valence-electron chi connectivity index (χ1n) is 22.4. The summed E-state index contributed by atoms with van der Waals surface area (Å²) in [6, 6.07) is 91.0. The fourth-order valence-corrected chi connectivity index (χ4v) is 10.9. The molecule has 13 rings (SSSR count). The Labute approximate surface area is 377 Å². The smallest absolute Gasteiger partial charge is 0.143 e. The minimum absolute atomic E-state index is 0.544. The topological polar surface area (TPSA) is 16.4 Å². The van der Waals surface area contributed by atoms with Gasteiger partial charge in [0.25, 0.3) is 0 Å². The maximum atomic E-state index is 6.60. The predicted octanol–water partition coefficient (Wildman–Crippen LogP) is 17.1. The summed E-state index contributed by atoms with van der Waals surface area (Å²) in [4.78, 5) is 2.47. The van der Waals surface area contributed by atoms with Crippen LogP contribution < -0.4 is 4.90 Å². The first-order valence-corrected chi connectivity index (χ1v) is 22.4. The number of hydrogen-bond donors (Lipinski definition) is 0. The van der Waals surface area contributed by atoms with Gasteiger partial charge in [0, 0.05) is 33.1 Å². The van der Waals surface area contributed by atoms with E-state index in [4.69, 9.17) is 4.42 Å². The Morgan fingerprint density at radius 3 is 1.68 bits per heavy atom. The lowest BCUT2D eigenvalue weighted by Gasteiger charge is -2.35. The normalized spacial score (nSPS) is 12.7. The highest BCUT2D eigenvalue weighted by molar-refractivity contribution is 6.20. The highest BCUT2D eigenvalue weighted by Crippen LogP contribution is 2.57. The van der Waals surface area contributed by atoms with Gasteiger partial charge in [-0.3, -0.25) is 0 Å². The van der Waals surface area contributed by atoms with E-state index in [1.807, 2.05) is 6.07 Å². The Kier molecular flexibility index (Phi) is 8.47. The van der Waals surface area contributed by atoms with Gasteiger partial charge in [0.15, 0.2) is 0 Å². The van der Waals surface area contributed by atoms with Crippen LogP contribution in [-0.2, 0) is 5.41 Å². The van der Waals surface area contributed by atoms with E-state index in [9.17, 15) is 0 Å². The number of fused-ring (bicyclic) bond motifs is 9. The molecule has 1 aromatic heterocycles. The molecule has 2 heteroatoms. The van der Waals surface area contributed by atoms with E-state index in [1.54, 1.807) is 0 Å². The van der Waals surface area contributed by atoms with Gasteiger partial charge in [0.2, 0.25) is 0 Å². The number of para-hydroxylation sites is 2. The molecule has 1 aliphatic rings. The molecule has 0 bridgehead atoms. The Morgan fingerprint density at radius 1 is 0.323 bits per heavy atom. The molecule has 0 spiro atoms. The van der Waals surface area contributed by atoms with Gasteiger partial charge < -0.3 is 9.32 Å². The second-order valence-corrected chi connectivity index (χ2v) is 17.1. The maximum absolute atomic E-state index is 6.60. The molecule has 0 N–H and O–H groups in total. The fourth-order valence-electron chi connectivity index (χ4n) is 10.9. The summed E-state index contributed by atoms with van der Waals surface area (Å²) in [5.41, 5.74) is 16.8. The zero-order valence-corrected chi connectivity index (χ0v) is 35.5. The molecule has 304 valence electrons. The minimum Gasteiger partial charge on any atom is -0.455 e. The molecule has 0 amide bonds. The first kappa shape index (κ1) is 37.1. The Bertz CT molecular complexity index is 3730. The summed E-state index contributed by atoms with van der Waals surface area (Å²) in [6.07, 6.45) is 0. The van der Waals surface area contributed by atoms with Gasteiger partial charge in [0.05, 0.1) is 11.1 Å². The molecule has 11 aromatic carbocycles. The third-order valence-electron chi connectivity index (χ3n) is 13.7. The molecule has 1 heterocycles. The molecule has 0 unspecified atom stereocenters. The van der Waals surface area contributed by atoms with Crippen molar-refractivity contribution in [1.82, 2.24) is 0 Å². The van der Waals surface area contributed by atoms with Gasteiger partial charge in [-0.25, -0.2) is 0 Å². The summed E-state index contributed by atoms with van der Waals surface area (Å²) in [6.45, 7) is 0. The lowest BCUT2D eigenvalue weighted by Crippen LogP contribution is -2.28. The lowest BCUT2D eigenvalue weighted by atomic mass is 9.67. The van der Waals surface area contributed by atoms with Crippen molar-refractivity contribution in [2.75, 3.05) is 4.90 Å². The number of anilines is 3. The third kappa shape index (κ3) is 5.67. The van der Waals surface area contributed by atoms with Crippen LogP contribution in [0.4, 0.5) is 17.1 Å². The number of rotatable bonds is 7. The van der Waals surface area contributed by atoms with Gasteiger partial charge >= 0.3 is 0 Å². The van der Waals surface area contributed by atoms with E-state index in [0.717, 1.165) is 60.9 Å². The van der Waals surface area contributed by atoms with Crippen LogP contribution in [0.2, 0.25) is 0 Å². The predicted molar refractivity (Wildman–Crippen MR) is 272 cm³/mol. The molecule has 1 aliphatic carbocycles. The zero-order valence-electron chi connectivity index (χ0n) is 35.5. The Morgan fingerprint density at radius 2 is 0.892 bits per heavy atom. The summed E-state index contributed by atoms with van der Waals surface area (Å²) >= 11 is 0. The molecular weight excluding hydrogens is 787 g/mol. The second-order valence-electron chi connectivity index (χ2n) is 17.1. The monoisotopic (exact) mass is 827 g/mol. The summed E-state index contributed by atoms with van der Waals surface area (Å²) in [7, 11) is 0. The summed E-state index contributed by atoms with van der Waals surface area (Å²) in [5, 5.41) is 6.95. The molecule has 0 fully saturated rings. The average molecular weight is 828 g/mol. The van der Waals surface area contributed by atoms with Crippen molar-refractivity contribution in [2.24, 2.45) is 0 Å². The van der Waals surface area contributed by atoms with Crippen molar-refractivity contribution in [1.29, 1.82) is 0 Å². The molecule has 0 atom stereocenters. The molecule has 12 aromatic rings. The molecular formula is C63H41NO. The quantitative estimate of drug-likeness (QED) is 0.159. The fraction of sp³-hybridized carbons (Fsp3) is 0.0159. The highest BCUT2D eigenvalue weighted by Gasteiger charge is 2.46. The standard InChI is InChI=1S/C63H41NO/c1-3-20-44(21-4-1)63(45-22-5-2-6-23-45)58-31-14-11-26-51(58)52-39-38-47(40-59(52)63)64(46-36-34-43(35-37-46)49-30-17-19-42-18-7-8-24-48(42)49)60-32-15-12-27-53(60)56-41-57-54-28-13-16-33-61(54)65-62(57)55-29-10-9-25-50(55)56/h1-41H. The lowest BCUT2D eigenvalue weighted by molar-refractivity contribution is 0.672. The van der Waals surface area contributed by atoms with Gasteiger partial charge in [0.1, 0.15) is 11.2 Å². The van der Waals surface area contributed by atoms with Crippen LogP contribution >= 0.6 is 0 Å². The zero-order chi connectivity index (χ0) is 42.9. The van der Waals surface area contributed by atoms with Crippen LogP contribution in [-0.4, -0.2) is 0 Å². The van der Waals surface area contributed by atoms with Crippen LogP contribution in [0.15, 0.2) is 253 Å². The molecule has 0 saturated carbocycles. The van der Waals surface area contributed by atoms with Crippen molar-refractivity contribution in [3.05, 3.63) is 271 Å². The molecule has 0 aliphatic heterocycles. The van der Waals surface area contributed by atoms with Crippen molar-refractivity contribution < 1.29 is 4.42 Å². The third-order valence-corrected chi connectivity index (χ3v) is 13.7.